The number of nitrogens with zero attached hydrogens (tertiary/aromatic N) is 2. The molecule has 0 aromatic carbocycles. The first-order valence-electron chi connectivity index (χ1n) is 10.9. The summed E-state index contributed by atoms with van der Waals surface area (Å²) < 4.78 is 18.4. The molecule has 0 saturated carbocycles. The number of ether oxygens (including phenoxy) is 1. The van der Waals surface area contributed by atoms with Gasteiger partial charge < -0.3 is 14.7 Å². The van der Waals surface area contributed by atoms with Crippen LogP contribution in [0.1, 0.15) is 54.2 Å². The standard InChI is InChI=1S/C26H25FN4O/c1-17(32-11-3-2-10-27)25-15-24-14-22-7-6-20(29-22)12-18-4-5-19(28-18)13-21-8-9-23(30-21)16-26(25)31-24/h4-9,12-17,28,31H,2-3,10-11H2,1H3. The first-order chi connectivity index (χ1) is 15.7. The molecule has 5 nitrogen and oxygen atoms in total. The van der Waals surface area contributed by atoms with Crippen LogP contribution in [0.5, 0.6) is 0 Å². The van der Waals surface area contributed by atoms with Gasteiger partial charge in [-0.15, -0.1) is 0 Å². The van der Waals surface area contributed by atoms with Gasteiger partial charge in [0.15, 0.2) is 0 Å². The van der Waals surface area contributed by atoms with Gasteiger partial charge in [0, 0.05) is 34.2 Å². The van der Waals surface area contributed by atoms with Crippen LogP contribution in [0.25, 0.3) is 46.4 Å². The summed E-state index contributed by atoms with van der Waals surface area (Å²) in [6, 6.07) is 14.3. The third-order valence-electron chi connectivity index (χ3n) is 5.53. The van der Waals surface area contributed by atoms with Crippen LogP contribution >= 0.6 is 0 Å². The van der Waals surface area contributed by atoms with Crippen LogP contribution in [0.3, 0.4) is 0 Å². The zero-order valence-electron chi connectivity index (χ0n) is 17.9. The monoisotopic (exact) mass is 428 g/mol. The topological polar surface area (TPSA) is 66.6 Å². The molecular formula is C26H25FN4O. The molecule has 1 atom stereocenters. The lowest BCUT2D eigenvalue weighted by atomic mass is 10.1. The minimum atomic E-state index is -0.308. The van der Waals surface area contributed by atoms with E-state index in [-0.39, 0.29) is 12.8 Å². The molecule has 6 heteroatoms. The van der Waals surface area contributed by atoms with E-state index >= 15 is 0 Å². The first kappa shape index (κ1) is 20.4. The molecule has 0 fully saturated rings. The van der Waals surface area contributed by atoms with Crippen molar-refractivity contribution in [3.05, 3.63) is 70.8 Å². The van der Waals surface area contributed by atoms with Gasteiger partial charge in [-0.2, -0.15) is 0 Å². The second kappa shape index (κ2) is 8.93. The van der Waals surface area contributed by atoms with E-state index in [9.17, 15) is 4.39 Å². The van der Waals surface area contributed by atoms with Gasteiger partial charge in [-0.05, 0) is 86.5 Å². The smallest absolute Gasteiger partial charge is 0.0895 e. The van der Waals surface area contributed by atoms with Gasteiger partial charge >= 0.3 is 0 Å². The molecule has 3 aromatic heterocycles. The van der Waals surface area contributed by atoms with Crippen molar-refractivity contribution in [1.82, 2.24) is 19.9 Å². The summed E-state index contributed by atoms with van der Waals surface area (Å²) in [6.45, 7) is 2.25. The van der Waals surface area contributed by atoms with Crippen molar-refractivity contribution < 1.29 is 9.13 Å². The molecular weight excluding hydrogens is 403 g/mol. The number of fused-ring (bicyclic) bond motifs is 8. The maximum atomic E-state index is 12.4. The van der Waals surface area contributed by atoms with Gasteiger partial charge in [0.25, 0.3) is 0 Å². The lowest BCUT2D eigenvalue weighted by Gasteiger charge is -2.11. The molecule has 0 saturated heterocycles. The van der Waals surface area contributed by atoms with E-state index in [0.717, 1.165) is 50.4 Å². The number of alkyl halides is 1. The largest absolute Gasteiger partial charge is 0.374 e. The lowest BCUT2D eigenvalue weighted by Crippen LogP contribution is -2.01. The molecule has 162 valence electrons. The fraction of sp³-hybridized carbons (Fsp3) is 0.231. The molecule has 2 N–H and O–H groups in total. The fourth-order valence-electron chi connectivity index (χ4n) is 3.92. The van der Waals surface area contributed by atoms with Crippen molar-refractivity contribution in [3.63, 3.8) is 0 Å². The van der Waals surface area contributed by atoms with Gasteiger partial charge in [-0.3, -0.25) is 4.39 Å². The Morgan fingerprint density at radius 3 is 2.00 bits per heavy atom. The summed E-state index contributed by atoms with van der Waals surface area (Å²) >= 11 is 0. The summed E-state index contributed by atoms with van der Waals surface area (Å²) in [5.41, 5.74) is 8.46. The number of rotatable bonds is 6. The molecule has 32 heavy (non-hydrogen) atoms. The molecule has 5 rings (SSSR count). The van der Waals surface area contributed by atoms with Crippen molar-refractivity contribution in [2.45, 2.75) is 25.9 Å². The van der Waals surface area contributed by atoms with Crippen LogP contribution in [0.4, 0.5) is 4.39 Å². The summed E-state index contributed by atoms with van der Waals surface area (Å²) in [5, 5.41) is 0. The number of nitrogens with one attached hydrogen (secondary N) is 2. The summed E-state index contributed by atoms with van der Waals surface area (Å²) in [7, 11) is 0. The van der Waals surface area contributed by atoms with Crippen LogP contribution in [0, 0.1) is 0 Å². The van der Waals surface area contributed by atoms with E-state index in [1.807, 2.05) is 67.6 Å². The number of halogens is 1. The highest BCUT2D eigenvalue weighted by Gasteiger charge is 2.12. The second-order valence-corrected chi connectivity index (χ2v) is 8.04. The van der Waals surface area contributed by atoms with Gasteiger partial charge in [-0.25, -0.2) is 9.97 Å². The van der Waals surface area contributed by atoms with Gasteiger partial charge in [0.2, 0.25) is 0 Å². The van der Waals surface area contributed by atoms with Crippen LogP contribution in [-0.4, -0.2) is 33.2 Å². The molecule has 8 bridgehead atoms. The maximum absolute atomic E-state index is 12.4. The zero-order chi connectivity index (χ0) is 21.9. The maximum Gasteiger partial charge on any atom is 0.0895 e. The van der Waals surface area contributed by atoms with E-state index in [1.54, 1.807) is 0 Å². The lowest BCUT2D eigenvalue weighted by molar-refractivity contribution is 0.0632. The van der Waals surface area contributed by atoms with E-state index in [2.05, 4.69) is 16.0 Å². The summed E-state index contributed by atoms with van der Waals surface area (Å²) in [6.07, 6.45) is 9.13. The molecule has 3 aromatic rings. The van der Waals surface area contributed by atoms with Crippen molar-refractivity contribution in [2.75, 3.05) is 13.3 Å². The molecule has 2 aliphatic heterocycles. The number of H-pyrrole nitrogens is 2. The van der Waals surface area contributed by atoms with Crippen LogP contribution in [-0.2, 0) is 4.74 Å². The highest BCUT2D eigenvalue weighted by atomic mass is 19.1. The Morgan fingerprint density at radius 2 is 1.38 bits per heavy atom. The predicted molar refractivity (Wildman–Crippen MR) is 128 cm³/mol. The van der Waals surface area contributed by atoms with Crippen LogP contribution in [0.2, 0.25) is 0 Å². The minimum absolute atomic E-state index is 0.129. The Labute approximate surface area is 185 Å². The number of hydrogen-bond acceptors (Lipinski definition) is 3. The van der Waals surface area contributed by atoms with Crippen LogP contribution in [0.15, 0.2) is 42.5 Å². The molecule has 2 aliphatic rings. The number of aromatic amines is 2. The molecule has 0 spiro atoms. The summed E-state index contributed by atoms with van der Waals surface area (Å²) in [4.78, 5) is 16.3. The molecule has 0 radical (unpaired) electrons. The minimum Gasteiger partial charge on any atom is -0.374 e. The van der Waals surface area contributed by atoms with E-state index in [4.69, 9.17) is 14.7 Å². The van der Waals surface area contributed by atoms with Gasteiger partial charge in [0.1, 0.15) is 0 Å². The van der Waals surface area contributed by atoms with Gasteiger partial charge in [0.05, 0.1) is 35.6 Å². The summed E-state index contributed by atoms with van der Waals surface area (Å²) in [5.74, 6) is 0. The van der Waals surface area contributed by atoms with Crippen molar-refractivity contribution >= 4 is 46.4 Å². The predicted octanol–water partition coefficient (Wildman–Crippen LogP) is 6.48. The third-order valence-corrected chi connectivity index (χ3v) is 5.53. The molecule has 5 heterocycles. The Hall–Kier alpha value is -3.51. The van der Waals surface area contributed by atoms with Gasteiger partial charge in [-0.1, -0.05) is 0 Å². The van der Waals surface area contributed by atoms with E-state index in [1.165, 1.54) is 0 Å². The molecule has 0 amide bonds. The van der Waals surface area contributed by atoms with E-state index in [0.29, 0.717) is 19.4 Å². The van der Waals surface area contributed by atoms with E-state index < -0.39 is 0 Å². The highest BCUT2D eigenvalue weighted by molar-refractivity contribution is 5.78. The Kier molecular flexibility index (Phi) is 5.69. The Morgan fingerprint density at radius 1 is 0.781 bits per heavy atom. The van der Waals surface area contributed by atoms with Crippen LogP contribution < -0.4 is 0 Å². The Balaban J connectivity index is 1.65. The zero-order valence-corrected chi connectivity index (χ0v) is 17.9. The fourth-order valence-corrected chi connectivity index (χ4v) is 3.92. The quantitative estimate of drug-likeness (QED) is 0.304. The third kappa shape index (κ3) is 4.55. The Bertz CT molecular complexity index is 1350. The molecule has 1 unspecified atom stereocenters. The average Bonchev–Trinajstić information content (AvgIpc) is 3.56. The number of unbranched alkanes of at least 4 members (excludes halogenated alkanes) is 1. The van der Waals surface area contributed by atoms with Crippen molar-refractivity contribution in [1.29, 1.82) is 0 Å². The number of hydrogen-bond donors (Lipinski definition) is 2. The van der Waals surface area contributed by atoms with Crippen molar-refractivity contribution in [2.24, 2.45) is 0 Å². The average molecular weight is 429 g/mol. The number of aromatic nitrogens is 4. The van der Waals surface area contributed by atoms with Crippen molar-refractivity contribution in [3.8, 4) is 0 Å². The normalized spacial score (nSPS) is 13.6. The second-order valence-electron chi connectivity index (χ2n) is 8.04. The molecule has 0 aliphatic carbocycles. The first-order valence-corrected chi connectivity index (χ1v) is 10.9. The highest BCUT2D eigenvalue weighted by Crippen LogP contribution is 2.26. The SMILES string of the molecule is CC(OCCCCF)c1cc2cc3nc(cc4ccc(cc5nc(cc1[nH]2)C=C5)[nH]4)C=C3.